The van der Waals surface area contributed by atoms with E-state index in [4.69, 9.17) is 4.74 Å². The summed E-state index contributed by atoms with van der Waals surface area (Å²) in [5.41, 5.74) is 3.22. The van der Waals surface area contributed by atoms with Gasteiger partial charge in [-0.25, -0.2) is 9.78 Å². The summed E-state index contributed by atoms with van der Waals surface area (Å²) in [6.07, 6.45) is 1.57. The zero-order valence-electron chi connectivity index (χ0n) is 14.6. The minimum absolute atomic E-state index is 0.0721. The van der Waals surface area contributed by atoms with Crippen molar-refractivity contribution in [2.24, 2.45) is 0 Å². The van der Waals surface area contributed by atoms with E-state index in [2.05, 4.69) is 4.98 Å². The molecule has 0 bridgehead atoms. The number of benzene rings is 2. The molecule has 27 heavy (non-hydrogen) atoms. The Bertz CT molecular complexity index is 1160. The Morgan fingerprint density at radius 1 is 1.11 bits per heavy atom. The van der Waals surface area contributed by atoms with Crippen LogP contribution in [0.2, 0.25) is 0 Å². The van der Waals surface area contributed by atoms with Crippen LogP contribution >= 0.6 is 11.3 Å². The van der Waals surface area contributed by atoms with Crippen molar-refractivity contribution >= 4 is 27.5 Å². The number of thiophene rings is 1. The topological polar surface area (TPSA) is 61.2 Å². The van der Waals surface area contributed by atoms with Crippen LogP contribution in [0.5, 0.6) is 0 Å². The number of hydrogen-bond acceptors (Lipinski definition) is 5. The number of ether oxygens (including phenoxy) is 1. The van der Waals surface area contributed by atoms with Gasteiger partial charge in [0.1, 0.15) is 4.83 Å². The summed E-state index contributed by atoms with van der Waals surface area (Å²) in [6.45, 7) is 0.382. The minimum atomic E-state index is -0.382. The molecule has 2 aromatic carbocycles. The van der Waals surface area contributed by atoms with Crippen LogP contribution in [0.15, 0.2) is 71.1 Å². The van der Waals surface area contributed by atoms with Crippen LogP contribution in [0.1, 0.15) is 15.9 Å². The van der Waals surface area contributed by atoms with Crippen molar-refractivity contribution in [1.29, 1.82) is 0 Å². The van der Waals surface area contributed by atoms with Gasteiger partial charge in [0.25, 0.3) is 5.56 Å². The average Bonchev–Trinajstić information content (AvgIpc) is 3.16. The smallest absolute Gasteiger partial charge is 0.337 e. The van der Waals surface area contributed by atoms with Crippen LogP contribution in [0.3, 0.4) is 0 Å². The van der Waals surface area contributed by atoms with Gasteiger partial charge in [0.05, 0.1) is 30.9 Å². The van der Waals surface area contributed by atoms with Crippen molar-refractivity contribution in [3.8, 4) is 11.1 Å². The fourth-order valence-corrected chi connectivity index (χ4v) is 3.88. The number of esters is 1. The molecule has 0 aliphatic carbocycles. The van der Waals surface area contributed by atoms with E-state index in [-0.39, 0.29) is 11.5 Å². The molecule has 0 saturated heterocycles. The zero-order chi connectivity index (χ0) is 18.8. The highest BCUT2D eigenvalue weighted by Crippen LogP contribution is 2.30. The second-order valence-corrected chi connectivity index (χ2v) is 6.92. The molecule has 5 nitrogen and oxygen atoms in total. The van der Waals surface area contributed by atoms with Crippen LogP contribution in [-0.4, -0.2) is 22.6 Å². The summed E-state index contributed by atoms with van der Waals surface area (Å²) >= 11 is 1.47. The van der Waals surface area contributed by atoms with E-state index in [1.165, 1.54) is 18.4 Å². The SMILES string of the molecule is COC(=O)c1ccc(Cn2cnc3scc(-c4ccccc4)c3c2=O)cc1. The standard InChI is InChI=1S/C21H16N2O3S/c1-26-21(25)16-9-7-14(8-10-16)11-23-13-22-19-18(20(23)24)17(12-27-19)15-5-3-2-4-6-15/h2-10,12-13H,11H2,1H3. The molecule has 6 heteroatoms. The van der Waals surface area contributed by atoms with E-state index in [1.807, 2.05) is 47.8 Å². The summed E-state index contributed by atoms with van der Waals surface area (Å²) in [6, 6.07) is 16.9. The first-order valence-corrected chi connectivity index (χ1v) is 9.24. The predicted octanol–water partition coefficient (Wildman–Crippen LogP) is 3.96. The number of methoxy groups -OCH3 is 1. The monoisotopic (exact) mass is 376 g/mol. The van der Waals surface area contributed by atoms with E-state index in [0.29, 0.717) is 17.5 Å². The van der Waals surface area contributed by atoms with Crippen LogP contribution < -0.4 is 5.56 Å². The van der Waals surface area contributed by atoms with Crippen molar-refractivity contribution in [2.45, 2.75) is 6.54 Å². The van der Waals surface area contributed by atoms with E-state index in [9.17, 15) is 9.59 Å². The number of nitrogens with zero attached hydrogens (tertiary/aromatic N) is 2. The maximum atomic E-state index is 13.1. The Labute approximate surface area is 159 Å². The highest BCUT2D eigenvalue weighted by Gasteiger charge is 2.13. The molecule has 4 rings (SSSR count). The quantitative estimate of drug-likeness (QED) is 0.506. The van der Waals surface area contributed by atoms with Gasteiger partial charge in [0.15, 0.2) is 0 Å². The lowest BCUT2D eigenvalue weighted by atomic mass is 10.1. The molecule has 0 unspecified atom stereocenters. The highest BCUT2D eigenvalue weighted by molar-refractivity contribution is 7.17. The van der Waals surface area contributed by atoms with Gasteiger partial charge in [-0.2, -0.15) is 0 Å². The minimum Gasteiger partial charge on any atom is -0.465 e. The number of aromatic nitrogens is 2. The lowest BCUT2D eigenvalue weighted by molar-refractivity contribution is 0.0600. The molecule has 0 aliphatic rings. The maximum Gasteiger partial charge on any atom is 0.337 e. The van der Waals surface area contributed by atoms with Crippen molar-refractivity contribution in [3.05, 3.63) is 87.8 Å². The van der Waals surface area contributed by atoms with Crippen molar-refractivity contribution < 1.29 is 9.53 Å². The molecule has 0 saturated carbocycles. The van der Waals surface area contributed by atoms with Crippen molar-refractivity contribution in [2.75, 3.05) is 7.11 Å². The number of rotatable bonds is 4. The third kappa shape index (κ3) is 3.27. The molecular weight excluding hydrogens is 360 g/mol. The Morgan fingerprint density at radius 2 is 1.85 bits per heavy atom. The van der Waals surface area contributed by atoms with Gasteiger partial charge >= 0.3 is 5.97 Å². The van der Waals surface area contributed by atoms with Gasteiger partial charge in [-0.05, 0) is 23.3 Å². The summed E-state index contributed by atoms with van der Waals surface area (Å²) in [5, 5.41) is 2.61. The van der Waals surface area contributed by atoms with E-state index in [1.54, 1.807) is 23.0 Å². The molecule has 0 N–H and O–H groups in total. The second kappa shape index (κ2) is 7.17. The predicted molar refractivity (Wildman–Crippen MR) is 106 cm³/mol. The van der Waals surface area contributed by atoms with Gasteiger partial charge in [-0.15, -0.1) is 11.3 Å². The van der Waals surface area contributed by atoms with E-state index in [0.717, 1.165) is 21.5 Å². The highest BCUT2D eigenvalue weighted by atomic mass is 32.1. The molecule has 0 radical (unpaired) electrons. The summed E-state index contributed by atoms with van der Waals surface area (Å²) in [4.78, 5) is 29.8. The molecule has 2 aromatic heterocycles. The third-order valence-electron chi connectivity index (χ3n) is 4.37. The molecule has 134 valence electrons. The molecule has 0 spiro atoms. The molecule has 0 aliphatic heterocycles. The molecular formula is C21H16N2O3S. The first-order chi connectivity index (χ1) is 13.2. The van der Waals surface area contributed by atoms with Crippen LogP contribution in [0.4, 0.5) is 0 Å². The lowest BCUT2D eigenvalue weighted by Gasteiger charge is -2.07. The number of fused-ring (bicyclic) bond motifs is 1. The first-order valence-electron chi connectivity index (χ1n) is 8.36. The lowest BCUT2D eigenvalue weighted by Crippen LogP contribution is -2.21. The van der Waals surface area contributed by atoms with Gasteiger partial charge in [-0.1, -0.05) is 42.5 Å². The first kappa shape index (κ1) is 17.2. The number of carbonyl (C=O) groups is 1. The van der Waals surface area contributed by atoms with Crippen LogP contribution in [0.25, 0.3) is 21.3 Å². The van der Waals surface area contributed by atoms with E-state index < -0.39 is 0 Å². The largest absolute Gasteiger partial charge is 0.465 e. The van der Waals surface area contributed by atoms with Crippen molar-refractivity contribution in [3.63, 3.8) is 0 Å². The molecule has 0 amide bonds. The normalized spacial score (nSPS) is 10.9. The second-order valence-electron chi connectivity index (χ2n) is 6.06. The maximum absolute atomic E-state index is 13.1. The molecule has 2 heterocycles. The van der Waals surface area contributed by atoms with Crippen LogP contribution in [0, 0.1) is 0 Å². The number of carbonyl (C=O) groups excluding carboxylic acids is 1. The summed E-state index contributed by atoms with van der Waals surface area (Å²) < 4.78 is 6.30. The average molecular weight is 376 g/mol. The van der Waals surface area contributed by atoms with Gasteiger partial charge < -0.3 is 4.74 Å². The Morgan fingerprint density at radius 3 is 2.56 bits per heavy atom. The fourth-order valence-electron chi connectivity index (χ4n) is 2.97. The van der Waals surface area contributed by atoms with Gasteiger partial charge in [-0.3, -0.25) is 9.36 Å². The zero-order valence-corrected chi connectivity index (χ0v) is 15.4. The summed E-state index contributed by atoms with van der Waals surface area (Å²) in [7, 11) is 1.35. The Kier molecular flexibility index (Phi) is 4.56. The van der Waals surface area contributed by atoms with E-state index >= 15 is 0 Å². The molecule has 4 aromatic rings. The van der Waals surface area contributed by atoms with Crippen molar-refractivity contribution in [1.82, 2.24) is 9.55 Å². The molecule has 0 fully saturated rings. The number of hydrogen-bond donors (Lipinski definition) is 0. The van der Waals surface area contributed by atoms with Crippen LogP contribution in [-0.2, 0) is 11.3 Å². The fraction of sp³-hybridized carbons (Fsp3) is 0.0952. The molecule has 0 atom stereocenters. The Hall–Kier alpha value is -3.25. The summed E-state index contributed by atoms with van der Waals surface area (Å²) in [5.74, 6) is -0.382. The van der Waals surface area contributed by atoms with Gasteiger partial charge in [0.2, 0.25) is 0 Å². The van der Waals surface area contributed by atoms with Gasteiger partial charge in [0, 0.05) is 10.9 Å². The third-order valence-corrected chi connectivity index (χ3v) is 5.26. The Balaban J connectivity index is 1.72.